The number of aryl methyl sites for hydroxylation is 1. The zero-order valence-corrected chi connectivity index (χ0v) is 12.5. The van der Waals surface area contributed by atoms with Gasteiger partial charge in [-0.2, -0.15) is 5.10 Å². The van der Waals surface area contributed by atoms with Gasteiger partial charge in [-0.1, -0.05) is 11.6 Å². The van der Waals surface area contributed by atoms with Crippen LogP contribution >= 0.6 is 11.6 Å². The minimum Gasteiger partial charge on any atom is -0.381 e. The number of nitrogens with one attached hydrogen (secondary N) is 1. The van der Waals surface area contributed by atoms with E-state index in [0.717, 1.165) is 18.5 Å². The number of hydrogen-bond acceptors (Lipinski definition) is 4. The quantitative estimate of drug-likeness (QED) is 0.899. The SMILES string of the molecule is CCOC1(C(NC)c2c(Cl)cnn2C)CCOCC1. The molecule has 19 heavy (non-hydrogen) atoms. The van der Waals surface area contributed by atoms with E-state index in [0.29, 0.717) is 24.8 Å². The zero-order valence-electron chi connectivity index (χ0n) is 11.8. The van der Waals surface area contributed by atoms with Crippen molar-refractivity contribution in [3.8, 4) is 0 Å². The van der Waals surface area contributed by atoms with Crippen molar-refractivity contribution < 1.29 is 9.47 Å². The van der Waals surface area contributed by atoms with Crippen LogP contribution in [0.2, 0.25) is 5.02 Å². The number of aromatic nitrogens is 2. The Labute approximate surface area is 119 Å². The maximum atomic E-state index is 6.29. The van der Waals surface area contributed by atoms with Crippen LogP contribution in [-0.4, -0.2) is 42.2 Å². The molecule has 0 aromatic carbocycles. The summed E-state index contributed by atoms with van der Waals surface area (Å²) in [6.45, 7) is 4.13. The van der Waals surface area contributed by atoms with E-state index in [9.17, 15) is 0 Å². The van der Waals surface area contributed by atoms with Crippen molar-refractivity contribution in [2.45, 2.75) is 31.4 Å². The number of likely N-dealkylation sites (N-methyl/N-ethyl adjacent to an activating group) is 1. The number of halogens is 1. The minimum atomic E-state index is -0.279. The molecule has 1 saturated heterocycles. The molecule has 1 unspecified atom stereocenters. The second-order valence-corrected chi connectivity index (χ2v) is 5.24. The molecule has 1 atom stereocenters. The maximum absolute atomic E-state index is 6.29. The molecule has 5 nitrogen and oxygen atoms in total. The first-order valence-electron chi connectivity index (χ1n) is 6.71. The van der Waals surface area contributed by atoms with Gasteiger partial charge in [0.2, 0.25) is 0 Å². The Morgan fingerprint density at radius 2 is 2.26 bits per heavy atom. The van der Waals surface area contributed by atoms with Crippen LogP contribution in [0.15, 0.2) is 6.20 Å². The topological polar surface area (TPSA) is 48.3 Å². The molecular weight excluding hydrogens is 266 g/mol. The highest BCUT2D eigenvalue weighted by Gasteiger charge is 2.43. The van der Waals surface area contributed by atoms with E-state index in [4.69, 9.17) is 21.1 Å². The van der Waals surface area contributed by atoms with Gasteiger partial charge in [0, 0.05) is 39.7 Å². The molecule has 0 bridgehead atoms. The molecule has 1 N–H and O–H groups in total. The predicted molar refractivity (Wildman–Crippen MR) is 74.4 cm³/mol. The predicted octanol–water partition coefficient (Wildman–Crippen LogP) is 1.92. The van der Waals surface area contributed by atoms with Crippen LogP contribution in [0.5, 0.6) is 0 Å². The van der Waals surface area contributed by atoms with Gasteiger partial charge in [-0.15, -0.1) is 0 Å². The van der Waals surface area contributed by atoms with Gasteiger partial charge in [-0.05, 0) is 14.0 Å². The van der Waals surface area contributed by atoms with Crippen molar-refractivity contribution in [1.82, 2.24) is 15.1 Å². The van der Waals surface area contributed by atoms with Crippen molar-refractivity contribution in [3.63, 3.8) is 0 Å². The van der Waals surface area contributed by atoms with E-state index in [-0.39, 0.29) is 11.6 Å². The second-order valence-electron chi connectivity index (χ2n) is 4.83. The van der Waals surface area contributed by atoms with E-state index >= 15 is 0 Å². The minimum absolute atomic E-state index is 0.0105. The van der Waals surface area contributed by atoms with Crippen LogP contribution in [0.4, 0.5) is 0 Å². The van der Waals surface area contributed by atoms with Gasteiger partial charge in [0.15, 0.2) is 0 Å². The van der Waals surface area contributed by atoms with E-state index in [1.807, 2.05) is 25.7 Å². The van der Waals surface area contributed by atoms with Gasteiger partial charge in [-0.3, -0.25) is 4.68 Å². The normalized spacial score (nSPS) is 20.4. The first kappa shape index (κ1) is 14.8. The average Bonchev–Trinajstić information content (AvgIpc) is 2.73. The standard InChI is InChI=1S/C13H22ClN3O2/c1-4-19-13(5-7-18-8-6-13)12(15-2)11-10(14)9-16-17(11)3/h9,12,15H,4-8H2,1-3H3. The molecule has 1 aromatic heterocycles. The lowest BCUT2D eigenvalue weighted by molar-refractivity contribution is -0.128. The Balaban J connectivity index is 2.37. The van der Waals surface area contributed by atoms with Crippen molar-refractivity contribution in [1.29, 1.82) is 0 Å². The summed E-state index contributed by atoms with van der Waals surface area (Å²) in [4.78, 5) is 0. The Morgan fingerprint density at radius 3 is 2.74 bits per heavy atom. The summed E-state index contributed by atoms with van der Waals surface area (Å²) in [7, 11) is 3.84. The van der Waals surface area contributed by atoms with Crippen LogP contribution in [0.1, 0.15) is 31.5 Å². The van der Waals surface area contributed by atoms with Crippen molar-refractivity contribution in [2.75, 3.05) is 26.9 Å². The smallest absolute Gasteiger partial charge is 0.0935 e. The first-order valence-corrected chi connectivity index (χ1v) is 7.09. The molecule has 1 aliphatic heterocycles. The van der Waals surface area contributed by atoms with Gasteiger partial charge in [0.1, 0.15) is 0 Å². The lowest BCUT2D eigenvalue weighted by Crippen LogP contribution is -2.49. The van der Waals surface area contributed by atoms with Crippen molar-refractivity contribution >= 4 is 11.6 Å². The van der Waals surface area contributed by atoms with Gasteiger partial charge >= 0.3 is 0 Å². The largest absolute Gasteiger partial charge is 0.381 e. The van der Waals surface area contributed by atoms with Gasteiger partial charge in [0.05, 0.1) is 28.6 Å². The maximum Gasteiger partial charge on any atom is 0.0935 e. The summed E-state index contributed by atoms with van der Waals surface area (Å²) in [5.41, 5.74) is 0.693. The van der Waals surface area contributed by atoms with Gasteiger partial charge < -0.3 is 14.8 Å². The van der Waals surface area contributed by atoms with E-state index in [1.54, 1.807) is 6.20 Å². The molecule has 0 radical (unpaired) electrons. The fourth-order valence-electron chi connectivity index (χ4n) is 2.91. The fourth-order valence-corrected chi connectivity index (χ4v) is 3.19. The summed E-state index contributed by atoms with van der Waals surface area (Å²) >= 11 is 6.29. The molecular formula is C13H22ClN3O2. The molecule has 6 heteroatoms. The molecule has 0 saturated carbocycles. The highest BCUT2D eigenvalue weighted by Crippen LogP contribution is 2.39. The number of nitrogens with zero attached hydrogens (tertiary/aromatic N) is 2. The summed E-state index contributed by atoms with van der Waals surface area (Å²) in [5, 5.41) is 8.26. The van der Waals surface area contributed by atoms with Crippen LogP contribution in [0, 0.1) is 0 Å². The Hall–Kier alpha value is -0.620. The summed E-state index contributed by atoms with van der Waals surface area (Å²) in [6, 6.07) is 0.0105. The van der Waals surface area contributed by atoms with Crippen LogP contribution in [-0.2, 0) is 16.5 Å². The Morgan fingerprint density at radius 1 is 1.58 bits per heavy atom. The third-order valence-electron chi connectivity index (χ3n) is 3.80. The van der Waals surface area contributed by atoms with Crippen LogP contribution in [0.3, 0.4) is 0 Å². The van der Waals surface area contributed by atoms with E-state index < -0.39 is 0 Å². The molecule has 1 aromatic rings. The van der Waals surface area contributed by atoms with Crippen molar-refractivity contribution in [3.05, 3.63) is 16.9 Å². The summed E-state index contributed by atoms with van der Waals surface area (Å²) < 4.78 is 13.4. The van der Waals surface area contributed by atoms with E-state index in [1.165, 1.54) is 0 Å². The molecule has 0 aliphatic carbocycles. The third-order valence-corrected chi connectivity index (χ3v) is 4.09. The number of hydrogen-bond donors (Lipinski definition) is 1. The Bertz CT molecular complexity index is 391. The molecule has 2 heterocycles. The fraction of sp³-hybridized carbons (Fsp3) is 0.769. The second kappa shape index (κ2) is 6.22. The number of rotatable bonds is 5. The highest BCUT2D eigenvalue weighted by molar-refractivity contribution is 6.31. The van der Waals surface area contributed by atoms with Gasteiger partial charge in [0.25, 0.3) is 0 Å². The highest BCUT2D eigenvalue weighted by atomic mass is 35.5. The zero-order chi connectivity index (χ0) is 13.9. The molecule has 108 valence electrons. The lowest BCUT2D eigenvalue weighted by atomic mass is 9.84. The third kappa shape index (κ3) is 2.79. The summed E-state index contributed by atoms with van der Waals surface area (Å²) in [6.07, 6.45) is 3.39. The molecule has 0 amide bonds. The average molecular weight is 288 g/mol. The number of ether oxygens (including phenoxy) is 2. The van der Waals surface area contributed by atoms with E-state index in [2.05, 4.69) is 10.4 Å². The van der Waals surface area contributed by atoms with Gasteiger partial charge in [-0.25, -0.2) is 0 Å². The van der Waals surface area contributed by atoms with Crippen LogP contribution < -0.4 is 5.32 Å². The molecule has 0 spiro atoms. The molecule has 1 fully saturated rings. The monoisotopic (exact) mass is 287 g/mol. The lowest BCUT2D eigenvalue weighted by Gasteiger charge is -2.43. The molecule has 1 aliphatic rings. The van der Waals surface area contributed by atoms with Crippen LogP contribution in [0.25, 0.3) is 0 Å². The summed E-state index contributed by atoms with van der Waals surface area (Å²) in [5.74, 6) is 0. The first-order chi connectivity index (χ1) is 9.14. The Kier molecular flexibility index (Phi) is 4.84. The molecule has 2 rings (SSSR count). The van der Waals surface area contributed by atoms with Crippen molar-refractivity contribution in [2.24, 2.45) is 7.05 Å².